The van der Waals surface area contributed by atoms with Crippen LogP contribution < -0.4 is 14.2 Å². The highest BCUT2D eigenvalue weighted by atomic mass is 16.5. The van der Waals surface area contributed by atoms with Gasteiger partial charge in [0, 0.05) is 5.56 Å². The van der Waals surface area contributed by atoms with E-state index in [0.29, 0.717) is 29.4 Å². The van der Waals surface area contributed by atoms with E-state index in [2.05, 4.69) is 6.58 Å². The molecule has 0 atom stereocenters. The minimum absolute atomic E-state index is 0.0690. The third-order valence-corrected chi connectivity index (χ3v) is 3.31. The summed E-state index contributed by atoms with van der Waals surface area (Å²) in [7, 11) is 3.11. The average molecular weight is 324 g/mol. The molecule has 4 heteroatoms. The van der Waals surface area contributed by atoms with E-state index in [1.54, 1.807) is 50.6 Å². The first kappa shape index (κ1) is 17.3. The Morgan fingerprint density at radius 2 is 1.71 bits per heavy atom. The highest BCUT2D eigenvalue weighted by molar-refractivity contribution is 6.06. The van der Waals surface area contributed by atoms with Crippen LogP contribution in [-0.2, 0) is 0 Å². The average Bonchev–Trinajstić information content (AvgIpc) is 2.64. The molecule has 0 aliphatic rings. The SMILES string of the molecule is C=CCOc1c(OC)cc(/C=C/C(=O)c2ccccc2)cc1OC. The first-order valence-corrected chi connectivity index (χ1v) is 7.46. The second-order valence-electron chi connectivity index (χ2n) is 4.92. The molecule has 0 aliphatic carbocycles. The number of hydrogen-bond donors (Lipinski definition) is 0. The van der Waals surface area contributed by atoms with Gasteiger partial charge in [-0.1, -0.05) is 49.1 Å². The molecule has 124 valence electrons. The number of rotatable bonds is 8. The van der Waals surface area contributed by atoms with Crippen molar-refractivity contribution in [3.05, 3.63) is 72.3 Å². The molecule has 0 unspecified atom stereocenters. The highest BCUT2D eigenvalue weighted by Gasteiger charge is 2.13. The largest absolute Gasteiger partial charge is 0.493 e. The van der Waals surface area contributed by atoms with Gasteiger partial charge in [0.25, 0.3) is 0 Å². The Bertz CT molecular complexity index is 708. The Labute approximate surface area is 142 Å². The second kappa shape index (κ2) is 8.58. The lowest BCUT2D eigenvalue weighted by Gasteiger charge is -2.14. The van der Waals surface area contributed by atoms with Crippen LogP contribution in [0.4, 0.5) is 0 Å². The standard InChI is InChI=1S/C20H20O4/c1-4-12-24-20-18(22-2)13-15(14-19(20)23-3)10-11-17(21)16-8-6-5-7-9-16/h4-11,13-14H,1,12H2,2-3H3/b11-10+. The summed E-state index contributed by atoms with van der Waals surface area (Å²) in [6.07, 6.45) is 4.89. The Balaban J connectivity index is 2.28. The molecule has 0 fully saturated rings. The monoisotopic (exact) mass is 324 g/mol. The Kier molecular flexibility index (Phi) is 6.20. The Morgan fingerprint density at radius 3 is 2.25 bits per heavy atom. The first-order valence-electron chi connectivity index (χ1n) is 7.46. The van der Waals surface area contributed by atoms with Crippen molar-refractivity contribution in [2.24, 2.45) is 0 Å². The summed E-state index contributed by atoms with van der Waals surface area (Å²) in [4.78, 5) is 12.2. The number of benzene rings is 2. The van der Waals surface area contributed by atoms with Crippen LogP contribution in [-0.4, -0.2) is 26.6 Å². The van der Waals surface area contributed by atoms with Gasteiger partial charge in [-0.3, -0.25) is 4.79 Å². The summed E-state index contributed by atoms with van der Waals surface area (Å²) in [6, 6.07) is 12.7. The van der Waals surface area contributed by atoms with E-state index >= 15 is 0 Å². The van der Waals surface area contributed by atoms with E-state index in [4.69, 9.17) is 14.2 Å². The fourth-order valence-electron chi connectivity index (χ4n) is 2.15. The third kappa shape index (κ3) is 4.26. The Hall–Kier alpha value is -3.01. The number of carbonyl (C=O) groups is 1. The molecule has 2 aromatic rings. The number of ether oxygens (including phenoxy) is 3. The molecule has 0 N–H and O–H groups in total. The predicted molar refractivity (Wildman–Crippen MR) is 95.0 cm³/mol. The van der Waals surface area contributed by atoms with Crippen molar-refractivity contribution in [2.45, 2.75) is 0 Å². The summed E-state index contributed by atoms with van der Waals surface area (Å²) in [5, 5.41) is 0. The van der Waals surface area contributed by atoms with E-state index in [0.717, 1.165) is 5.56 Å². The van der Waals surface area contributed by atoms with Gasteiger partial charge in [-0.25, -0.2) is 0 Å². The van der Waals surface area contributed by atoms with Crippen molar-refractivity contribution in [1.29, 1.82) is 0 Å². The minimum atomic E-state index is -0.0690. The molecule has 0 saturated heterocycles. The molecule has 0 aliphatic heterocycles. The zero-order valence-corrected chi connectivity index (χ0v) is 13.8. The summed E-state index contributed by atoms with van der Waals surface area (Å²) in [5.41, 5.74) is 1.41. The molecule has 4 nitrogen and oxygen atoms in total. The van der Waals surface area contributed by atoms with Crippen LogP contribution in [0.5, 0.6) is 17.2 Å². The van der Waals surface area contributed by atoms with Gasteiger partial charge in [-0.05, 0) is 23.8 Å². The molecule has 24 heavy (non-hydrogen) atoms. The van der Waals surface area contributed by atoms with Crippen molar-refractivity contribution in [3.63, 3.8) is 0 Å². The maximum Gasteiger partial charge on any atom is 0.203 e. The molecule has 0 radical (unpaired) electrons. The molecule has 0 saturated carbocycles. The van der Waals surface area contributed by atoms with Crippen LogP contribution in [0.1, 0.15) is 15.9 Å². The van der Waals surface area contributed by atoms with Gasteiger partial charge < -0.3 is 14.2 Å². The van der Waals surface area contributed by atoms with Gasteiger partial charge in [0.1, 0.15) is 6.61 Å². The molecule has 2 aromatic carbocycles. The lowest BCUT2D eigenvalue weighted by molar-refractivity contribution is 0.104. The van der Waals surface area contributed by atoms with Crippen molar-refractivity contribution < 1.29 is 19.0 Å². The fraction of sp³-hybridized carbons (Fsp3) is 0.150. The van der Waals surface area contributed by atoms with Gasteiger partial charge >= 0.3 is 0 Å². The number of ketones is 1. The number of hydrogen-bond acceptors (Lipinski definition) is 4. The van der Waals surface area contributed by atoms with Crippen molar-refractivity contribution >= 4 is 11.9 Å². The summed E-state index contributed by atoms with van der Waals surface area (Å²) in [5.74, 6) is 1.50. The van der Waals surface area contributed by atoms with E-state index in [-0.39, 0.29) is 5.78 Å². The molecule has 2 rings (SSSR count). The molecule has 0 spiro atoms. The predicted octanol–water partition coefficient (Wildman–Crippen LogP) is 4.16. The lowest BCUT2D eigenvalue weighted by Crippen LogP contribution is -2.00. The van der Waals surface area contributed by atoms with Crippen molar-refractivity contribution in [1.82, 2.24) is 0 Å². The maximum atomic E-state index is 12.2. The van der Waals surface area contributed by atoms with Crippen LogP contribution in [0.3, 0.4) is 0 Å². The molecule has 0 bridgehead atoms. The Morgan fingerprint density at radius 1 is 1.08 bits per heavy atom. The van der Waals surface area contributed by atoms with Gasteiger partial charge in [-0.15, -0.1) is 0 Å². The van der Waals surface area contributed by atoms with Gasteiger partial charge in [-0.2, -0.15) is 0 Å². The molecule has 0 aromatic heterocycles. The van der Waals surface area contributed by atoms with E-state index in [1.165, 1.54) is 6.08 Å². The molecule has 0 heterocycles. The number of carbonyl (C=O) groups excluding carboxylic acids is 1. The topological polar surface area (TPSA) is 44.8 Å². The highest BCUT2D eigenvalue weighted by Crippen LogP contribution is 2.38. The third-order valence-electron chi connectivity index (χ3n) is 3.31. The van der Waals surface area contributed by atoms with Gasteiger partial charge in [0.05, 0.1) is 14.2 Å². The number of allylic oxidation sites excluding steroid dienone is 1. The minimum Gasteiger partial charge on any atom is -0.493 e. The van der Waals surface area contributed by atoms with Crippen LogP contribution in [0.15, 0.2) is 61.2 Å². The van der Waals surface area contributed by atoms with Crippen LogP contribution in [0.2, 0.25) is 0 Å². The van der Waals surface area contributed by atoms with Crippen LogP contribution >= 0.6 is 0 Å². The first-order chi connectivity index (χ1) is 11.7. The summed E-state index contributed by atoms with van der Waals surface area (Å²) < 4.78 is 16.3. The second-order valence-corrected chi connectivity index (χ2v) is 4.92. The quantitative estimate of drug-likeness (QED) is 0.415. The summed E-state index contributed by atoms with van der Waals surface area (Å²) in [6.45, 7) is 3.97. The molecular weight excluding hydrogens is 304 g/mol. The maximum absolute atomic E-state index is 12.2. The van der Waals surface area contributed by atoms with Crippen LogP contribution in [0.25, 0.3) is 6.08 Å². The fourth-order valence-corrected chi connectivity index (χ4v) is 2.15. The van der Waals surface area contributed by atoms with Crippen molar-refractivity contribution in [2.75, 3.05) is 20.8 Å². The molecule has 0 amide bonds. The van der Waals surface area contributed by atoms with Gasteiger partial charge in [0.15, 0.2) is 17.3 Å². The smallest absolute Gasteiger partial charge is 0.203 e. The van der Waals surface area contributed by atoms with E-state index < -0.39 is 0 Å². The zero-order chi connectivity index (χ0) is 17.4. The van der Waals surface area contributed by atoms with E-state index in [1.807, 2.05) is 18.2 Å². The zero-order valence-electron chi connectivity index (χ0n) is 13.8. The van der Waals surface area contributed by atoms with Crippen molar-refractivity contribution in [3.8, 4) is 17.2 Å². The van der Waals surface area contributed by atoms with Gasteiger partial charge in [0.2, 0.25) is 5.75 Å². The normalized spacial score (nSPS) is 10.4. The molecular formula is C20H20O4. The number of methoxy groups -OCH3 is 2. The lowest BCUT2D eigenvalue weighted by atomic mass is 10.1. The summed E-state index contributed by atoms with van der Waals surface area (Å²) >= 11 is 0. The van der Waals surface area contributed by atoms with Crippen LogP contribution in [0, 0.1) is 0 Å². The van der Waals surface area contributed by atoms with E-state index in [9.17, 15) is 4.79 Å².